The van der Waals surface area contributed by atoms with E-state index in [1.54, 1.807) is 13.8 Å². The third kappa shape index (κ3) is 4.34. The van der Waals surface area contributed by atoms with Crippen LogP contribution in [0.25, 0.3) is 0 Å². The minimum absolute atomic E-state index is 0.0430. The molecule has 0 aliphatic carbocycles. The molecule has 1 aromatic heterocycles. The number of sulfonamides is 1. The lowest BCUT2D eigenvalue weighted by atomic mass is 9.90. The Bertz CT molecular complexity index is 545. The number of aliphatic hydroxyl groups excluding tert-OH is 1. The van der Waals surface area contributed by atoms with Gasteiger partial charge in [0.2, 0.25) is 10.9 Å². The normalized spacial score (nSPS) is 12.6. The summed E-state index contributed by atoms with van der Waals surface area (Å²) in [5, 5.41) is 17.1. The predicted molar refractivity (Wildman–Crippen MR) is 66.3 cm³/mol. The van der Waals surface area contributed by atoms with Gasteiger partial charge >= 0.3 is 5.97 Å². The van der Waals surface area contributed by atoms with Crippen molar-refractivity contribution < 1.29 is 27.8 Å². The van der Waals surface area contributed by atoms with E-state index >= 15 is 0 Å². The molecule has 0 fully saturated rings. The Hall–Kier alpha value is -1.38. The average molecular weight is 291 g/mol. The van der Waals surface area contributed by atoms with E-state index in [1.165, 1.54) is 0 Å². The molecule has 19 heavy (non-hydrogen) atoms. The van der Waals surface area contributed by atoms with Gasteiger partial charge < -0.3 is 14.6 Å². The zero-order valence-electron chi connectivity index (χ0n) is 10.7. The van der Waals surface area contributed by atoms with Crippen LogP contribution in [-0.4, -0.2) is 37.8 Å². The third-order valence-corrected chi connectivity index (χ3v) is 3.86. The molecule has 0 aliphatic heterocycles. The van der Waals surface area contributed by atoms with Crippen molar-refractivity contribution in [2.24, 2.45) is 5.41 Å². The van der Waals surface area contributed by atoms with Crippen LogP contribution < -0.4 is 4.72 Å². The minimum atomic E-state index is -3.89. The highest BCUT2D eigenvalue weighted by molar-refractivity contribution is 7.89. The van der Waals surface area contributed by atoms with Crippen molar-refractivity contribution >= 4 is 16.0 Å². The van der Waals surface area contributed by atoms with Gasteiger partial charge in [0.25, 0.3) is 10.0 Å². The van der Waals surface area contributed by atoms with E-state index in [-0.39, 0.29) is 13.2 Å². The summed E-state index contributed by atoms with van der Waals surface area (Å²) in [6, 6.07) is 2.17. The molecule has 0 radical (unpaired) electrons. The molecule has 0 aromatic carbocycles. The average Bonchev–Trinajstić information content (AvgIpc) is 2.77. The summed E-state index contributed by atoms with van der Waals surface area (Å²) in [4.78, 5) is 10.6. The molecule has 1 heterocycles. The van der Waals surface area contributed by atoms with Crippen LogP contribution in [0.15, 0.2) is 21.6 Å². The number of aliphatic hydroxyl groups is 1. The van der Waals surface area contributed by atoms with Crippen LogP contribution in [0.2, 0.25) is 0 Å². The Morgan fingerprint density at radius 3 is 2.53 bits per heavy atom. The Morgan fingerprint density at radius 2 is 2.05 bits per heavy atom. The zero-order chi connectivity index (χ0) is 14.7. The highest BCUT2D eigenvalue weighted by atomic mass is 32.2. The van der Waals surface area contributed by atoms with Gasteiger partial charge in [0.05, 0.1) is 0 Å². The van der Waals surface area contributed by atoms with E-state index in [0.29, 0.717) is 6.42 Å². The van der Waals surface area contributed by atoms with E-state index in [4.69, 9.17) is 14.6 Å². The maximum Gasteiger partial charge on any atom is 0.371 e. The molecule has 108 valence electrons. The zero-order valence-corrected chi connectivity index (χ0v) is 11.5. The van der Waals surface area contributed by atoms with Gasteiger partial charge in [-0.05, 0) is 24.0 Å². The summed E-state index contributed by atoms with van der Waals surface area (Å²) in [6.45, 7) is 3.67. The van der Waals surface area contributed by atoms with Crippen LogP contribution in [0.1, 0.15) is 30.8 Å². The first-order chi connectivity index (χ1) is 8.68. The van der Waals surface area contributed by atoms with Gasteiger partial charge in [-0.2, -0.15) is 0 Å². The molecule has 0 saturated heterocycles. The molecule has 0 aliphatic rings. The quantitative estimate of drug-likeness (QED) is 0.679. The van der Waals surface area contributed by atoms with Crippen LogP contribution in [-0.2, 0) is 10.0 Å². The fourth-order valence-electron chi connectivity index (χ4n) is 1.33. The summed E-state index contributed by atoms with van der Waals surface area (Å²) in [5.74, 6) is -1.77. The van der Waals surface area contributed by atoms with E-state index in [2.05, 4.69) is 4.72 Å². The molecule has 0 atom stereocenters. The predicted octanol–water partition coefficient (Wildman–Crippen LogP) is 0.665. The first kappa shape index (κ1) is 15.7. The molecule has 0 amide bonds. The number of carboxylic acids is 1. The molecule has 1 rings (SSSR count). The van der Waals surface area contributed by atoms with Crippen molar-refractivity contribution in [3.8, 4) is 0 Å². The molecule has 0 saturated carbocycles. The molecule has 8 heteroatoms. The fourth-order valence-corrected chi connectivity index (χ4v) is 2.50. The van der Waals surface area contributed by atoms with Gasteiger partial charge in [0, 0.05) is 13.2 Å². The third-order valence-electron chi connectivity index (χ3n) is 2.59. The fraction of sp³-hybridized carbons (Fsp3) is 0.545. The summed E-state index contributed by atoms with van der Waals surface area (Å²) in [5.41, 5.74) is -0.413. The van der Waals surface area contributed by atoms with Gasteiger partial charge in [0.1, 0.15) is 0 Å². The Balaban J connectivity index is 2.78. The number of aromatic carboxylic acids is 1. The number of carboxylic acid groups (broad SMARTS) is 1. The lowest BCUT2D eigenvalue weighted by Gasteiger charge is -2.23. The Morgan fingerprint density at radius 1 is 1.42 bits per heavy atom. The van der Waals surface area contributed by atoms with Crippen molar-refractivity contribution in [1.29, 1.82) is 0 Å². The van der Waals surface area contributed by atoms with Gasteiger partial charge in [-0.25, -0.2) is 17.9 Å². The van der Waals surface area contributed by atoms with Gasteiger partial charge in [-0.1, -0.05) is 13.8 Å². The molecule has 3 N–H and O–H groups in total. The topological polar surface area (TPSA) is 117 Å². The summed E-state index contributed by atoms with van der Waals surface area (Å²) in [6.07, 6.45) is 0.439. The maximum atomic E-state index is 11.9. The monoisotopic (exact) mass is 291 g/mol. The number of rotatable bonds is 7. The Kier molecular flexibility index (Phi) is 4.72. The summed E-state index contributed by atoms with van der Waals surface area (Å²) in [7, 11) is -3.89. The first-order valence-corrected chi connectivity index (χ1v) is 7.10. The standard InChI is InChI=1S/C11H17NO6S/c1-11(2,5-6-13)7-12-19(16,17)9-4-3-8(18-9)10(14)15/h3-4,12-13H,5-7H2,1-2H3,(H,14,15). The lowest BCUT2D eigenvalue weighted by Crippen LogP contribution is -2.34. The van der Waals surface area contributed by atoms with Crippen LogP contribution in [0.5, 0.6) is 0 Å². The van der Waals surface area contributed by atoms with Crippen LogP contribution in [0, 0.1) is 5.41 Å². The second kappa shape index (κ2) is 5.72. The summed E-state index contributed by atoms with van der Waals surface area (Å²) >= 11 is 0. The molecule has 1 aromatic rings. The Labute approximate surface area is 111 Å². The van der Waals surface area contributed by atoms with E-state index in [1.807, 2.05) is 0 Å². The SMILES string of the molecule is CC(C)(CCO)CNS(=O)(=O)c1ccc(C(=O)O)o1. The number of nitrogens with one attached hydrogen (secondary N) is 1. The molecule has 0 unspecified atom stereocenters. The second-order valence-corrected chi connectivity index (χ2v) is 6.58. The van der Waals surface area contributed by atoms with Crippen molar-refractivity contribution in [1.82, 2.24) is 4.72 Å². The lowest BCUT2D eigenvalue weighted by molar-refractivity contribution is 0.0656. The molecular formula is C11H17NO6S. The maximum absolute atomic E-state index is 11.9. The van der Waals surface area contributed by atoms with E-state index in [0.717, 1.165) is 12.1 Å². The van der Waals surface area contributed by atoms with Crippen LogP contribution >= 0.6 is 0 Å². The van der Waals surface area contributed by atoms with Crippen molar-refractivity contribution in [3.05, 3.63) is 17.9 Å². The first-order valence-electron chi connectivity index (χ1n) is 5.62. The van der Waals surface area contributed by atoms with E-state index in [9.17, 15) is 13.2 Å². The van der Waals surface area contributed by atoms with Crippen molar-refractivity contribution in [2.45, 2.75) is 25.4 Å². The highest BCUT2D eigenvalue weighted by Gasteiger charge is 2.25. The highest BCUT2D eigenvalue weighted by Crippen LogP contribution is 2.20. The second-order valence-electron chi connectivity index (χ2n) is 4.89. The summed E-state index contributed by atoms with van der Waals surface area (Å²) < 4.78 is 30.8. The van der Waals surface area contributed by atoms with E-state index < -0.39 is 32.3 Å². The molecule has 7 nitrogen and oxygen atoms in total. The van der Waals surface area contributed by atoms with Crippen LogP contribution in [0.4, 0.5) is 0 Å². The molecular weight excluding hydrogens is 274 g/mol. The van der Waals surface area contributed by atoms with Gasteiger partial charge in [-0.3, -0.25) is 0 Å². The number of carbonyl (C=O) groups is 1. The minimum Gasteiger partial charge on any atom is -0.475 e. The van der Waals surface area contributed by atoms with Crippen molar-refractivity contribution in [3.63, 3.8) is 0 Å². The molecule has 0 spiro atoms. The van der Waals surface area contributed by atoms with Crippen LogP contribution in [0.3, 0.4) is 0 Å². The largest absolute Gasteiger partial charge is 0.475 e. The smallest absolute Gasteiger partial charge is 0.371 e. The van der Waals surface area contributed by atoms with Gasteiger partial charge in [-0.15, -0.1) is 0 Å². The van der Waals surface area contributed by atoms with Crippen molar-refractivity contribution in [2.75, 3.05) is 13.2 Å². The number of hydrogen-bond acceptors (Lipinski definition) is 5. The van der Waals surface area contributed by atoms with Gasteiger partial charge in [0.15, 0.2) is 0 Å². The number of hydrogen-bond donors (Lipinski definition) is 3. The molecule has 0 bridgehead atoms. The number of furan rings is 1.